The quantitative estimate of drug-likeness (QED) is 0.926. The fourth-order valence-electron chi connectivity index (χ4n) is 2.10. The zero-order valence-corrected chi connectivity index (χ0v) is 13.6. The van der Waals surface area contributed by atoms with Gasteiger partial charge in [0.15, 0.2) is 0 Å². The molecular formula is C12H23Cl2N3S. The Labute approximate surface area is 126 Å². The molecule has 0 bridgehead atoms. The van der Waals surface area contributed by atoms with Gasteiger partial charge in [0.2, 0.25) is 0 Å². The Morgan fingerprint density at radius 3 is 2.72 bits per heavy atom. The SMILES string of the molecule is CNC1CCN(Cc2csc(C(C)C)n2)C1.Cl.Cl. The maximum Gasteiger partial charge on any atom is 0.0954 e. The molecule has 18 heavy (non-hydrogen) atoms. The zero-order valence-electron chi connectivity index (χ0n) is 11.2. The van der Waals surface area contributed by atoms with E-state index in [0.29, 0.717) is 12.0 Å². The van der Waals surface area contributed by atoms with Gasteiger partial charge in [0.05, 0.1) is 10.7 Å². The van der Waals surface area contributed by atoms with Gasteiger partial charge in [-0.05, 0) is 13.5 Å². The van der Waals surface area contributed by atoms with Gasteiger partial charge in [-0.15, -0.1) is 36.2 Å². The Bertz CT molecular complexity index is 344. The zero-order chi connectivity index (χ0) is 11.5. The molecule has 1 N–H and O–H groups in total. The summed E-state index contributed by atoms with van der Waals surface area (Å²) >= 11 is 1.79. The smallest absolute Gasteiger partial charge is 0.0954 e. The van der Waals surface area contributed by atoms with Gasteiger partial charge in [-0.1, -0.05) is 13.8 Å². The summed E-state index contributed by atoms with van der Waals surface area (Å²) in [5.74, 6) is 0.558. The normalized spacial score (nSPS) is 19.7. The van der Waals surface area contributed by atoms with Crippen LogP contribution in [0.15, 0.2) is 5.38 Å². The maximum atomic E-state index is 4.68. The molecule has 0 radical (unpaired) electrons. The number of rotatable bonds is 4. The van der Waals surface area contributed by atoms with Crippen molar-refractivity contribution in [3.05, 3.63) is 16.1 Å². The molecule has 1 aliphatic rings. The number of hydrogen-bond acceptors (Lipinski definition) is 4. The fourth-order valence-corrected chi connectivity index (χ4v) is 2.93. The lowest BCUT2D eigenvalue weighted by Gasteiger charge is -2.14. The van der Waals surface area contributed by atoms with E-state index in [1.54, 1.807) is 11.3 Å². The van der Waals surface area contributed by atoms with E-state index in [1.165, 1.54) is 23.7 Å². The summed E-state index contributed by atoms with van der Waals surface area (Å²) in [5, 5.41) is 6.82. The average Bonchev–Trinajstić information content (AvgIpc) is 2.87. The van der Waals surface area contributed by atoms with Crippen molar-refractivity contribution in [1.82, 2.24) is 15.2 Å². The maximum absolute atomic E-state index is 4.68. The highest BCUT2D eigenvalue weighted by molar-refractivity contribution is 7.09. The lowest BCUT2D eigenvalue weighted by Crippen LogP contribution is -2.29. The Kier molecular flexibility index (Phi) is 8.39. The molecule has 1 aromatic rings. The van der Waals surface area contributed by atoms with E-state index in [1.807, 2.05) is 7.05 Å². The summed E-state index contributed by atoms with van der Waals surface area (Å²) in [4.78, 5) is 7.17. The first-order valence-electron chi connectivity index (χ1n) is 6.03. The van der Waals surface area contributed by atoms with Crippen LogP contribution in [0.2, 0.25) is 0 Å². The van der Waals surface area contributed by atoms with Crippen LogP contribution < -0.4 is 5.32 Å². The highest BCUT2D eigenvalue weighted by Gasteiger charge is 2.21. The molecule has 0 aromatic carbocycles. The predicted octanol–water partition coefficient (Wildman–Crippen LogP) is 2.90. The number of nitrogens with one attached hydrogen (secondary N) is 1. The molecule has 106 valence electrons. The third-order valence-electron chi connectivity index (χ3n) is 3.13. The minimum atomic E-state index is 0. The molecule has 1 unspecified atom stereocenters. The first-order valence-corrected chi connectivity index (χ1v) is 6.91. The number of halogens is 2. The van der Waals surface area contributed by atoms with Crippen LogP contribution in [0.4, 0.5) is 0 Å². The largest absolute Gasteiger partial charge is 0.316 e. The minimum Gasteiger partial charge on any atom is -0.316 e. The van der Waals surface area contributed by atoms with Crippen molar-refractivity contribution < 1.29 is 0 Å². The highest BCUT2D eigenvalue weighted by Crippen LogP contribution is 2.21. The molecule has 1 aliphatic heterocycles. The van der Waals surface area contributed by atoms with Crippen molar-refractivity contribution >= 4 is 36.2 Å². The summed E-state index contributed by atoms with van der Waals surface area (Å²) in [5.41, 5.74) is 1.24. The van der Waals surface area contributed by atoms with Crippen molar-refractivity contribution in [2.45, 2.75) is 38.8 Å². The van der Waals surface area contributed by atoms with Crippen molar-refractivity contribution in [3.63, 3.8) is 0 Å². The van der Waals surface area contributed by atoms with Gasteiger partial charge < -0.3 is 5.32 Å². The lowest BCUT2D eigenvalue weighted by molar-refractivity contribution is 0.319. The van der Waals surface area contributed by atoms with Gasteiger partial charge in [0.25, 0.3) is 0 Å². The Hall–Kier alpha value is 0.130. The third-order valence-corrected chi connectivity index (χ3v) is 4.32. The number of aromatic nitrogens is 1. The Morgan fingerprint density at radius 2 is 2.22 bits per heavy atom. The van der Waals surface area contributed by atoms with Crippen LogP contribution in [0, 0.1) is 0 Å². The van der Waals surface area contributed by atoms with Gasteiger partial charge in [0, 0.05) is 37.0 Å². The van der Waals surface area contributed by atoms with E-state index >= 15 is 0 Å². The Morgan fingerprint density at radius 1 is 1.50 bits per heavy atom. The first kappa shape index (κ1) is 18.1. The van der Waals surface area contributed by atoms with Gasteiger partial charge >= 0.3 is 0 Å². The average molecular weight is 312 g/mol. The first-order chi connectivity index (χ1) is 7.69. The van der Waals surface area contributed by atoms with E-state index in [0.717, 1.165) is 13.1 Å². The second kappa shape index (κ2) is 8.33. The molecule has 6 heteroatoms. The van der Waals surface area contributed by atoms with Crippen LogP contribution in [0.25, 0.3) is 0 Å². The van der Waals surface area contributed by atoms with E-state index in [4.69, 9.17) is 0 Å². The number of hydrogen-bond donors (Lipinski definition) is 1. The molecule has 0 spiro atoms. The molecule has 1 fully saturated rings. The van der Waals surface area contributed by atoms with Gasteiger partial charge in [-0.25, -0.2) is 4.98 Å². The highest BCUT2D eigenvalue weighted by atomic mass is 35.5. The molecular weight excluding hydrogens is 289 g/mol. The second-order valence-corrected chi connectivity index (χ2v) is 5.73. The molecule has 0 saturated carbocycles. The van der Waals surface area contributed by atoms with Crippen molar-refractivity contribution in [3.8, 4) is 0 Å². The molecule has 2 rings (SSSR count). The van der Waals surface area contributed by atoms with E-state index in [-0.39, 0.29) is 24.8 Å². The molecule has 0 aliphatic carbocycles. The lowest BCUT2D eigenvalue weighted by atomic mass is 10.2. The third kappa shape index (κ3) is 4.67. The number of likely N-dealkylation sites (tertiary alicyclic amines) is 1. The molecule has 2 heterocycles. The monoisotopic (exact) mass is 311 g/mol. The van der Waals surface area contributed by atoms with E-state index in [2.05, 4.69) is 34.4 Å². The summed E-state index contributed by atoms with van der Waals surface area (Å²) in [6, 6.07) is 0.670. The van der Waals surface area contributed by atoms with E-state index < -0.39 is 0 Å². The molecule has 0 amide bonds. The molecule has 1 saturated heterocycles. The van der Waals surface area contributed by atoms with Gasteiger partial charge in [-0.2, -0.15) is 0 Å². The number of likely N-dealkylation sites (N-methyl/N-ethyl adjacent to an activating group) is 1. The molecule has 1 atom stereocenters. The summed E-state index contributed by atoms with van der Waals surface area (Å²) < 4.78 is 0. The van der Waals surface area contributed by atoms with Crippen LogP contribution in [0.1, 0.15) is 36.9 Å². The Balaban J connectivity index is 0.00000144. The molecule has 1 aromatic heterocycles. The predicted molar refractivity (Wildman–Crippen MR) is 83.4 cm³/mol. The minimum absolute atomic E-state index is 0. The van der Waals surface area contributed by atoms with Gasteiger partial charge in [-0.3, -0.25) is 4.90 Å². The van der Waals surface area contributed by atoms with Crippen LogP contribution in [-0.2, 0) is 6.54 Å². The van der Waals surface area contributed by atoms with Crippen LogP contribution in [-0.4, -0.2) is 36.1 Å². The van der Waals surface area contributed by atoms with Crippen molar-refractivity contribution in [2.24, 2.45) is 0 Å². The summed E-state index contributed by atoms with van der Waals surface area (Å²) in [6.45, 7) is 7.78. The second-order valence-electron chi connectivity index (χ2n) is 4.84. The molecule has 3 nitrogen and oxygen atoms in total. The van der Waals surface area contributed by atoms with Gasteiger partial charge in [0.1, 0.15) is 0 Å². The van der Waals surface area contributed by atoms with Crippen LogP contribution in [0.5, 0.6) is 0 Å². The van der Waals surface area contributed by atoms with Crippen molar-refractivity contribution in [2.75, 3.05) is 20.1 Å². The van der Waals surface area contributed by atoms with Crippen LogP contribution >= 0.6 is 36.2 Å². The van der Waals surface area contributed by atoms with Crippen LogP contribution in [0.3, 0.4) is 0 Å². The topological polar surface area (TPSA) is 28.2 Å². The standard InChI is InChI=1S/C12H21N3S.2ClH/c1-9(2)12-14-11(8-16-12)7-15-5-4-10(6-15)13-3;;/h8-10,13H,4-7H2,1-3H3;2*1H. The summed E-state index contributed by atoms with van der Waals surface area (Å²) in [6.07, 6.45) is 1.26. The fraction of sp³-hybridized carbons (Fsp3) is 0.750. The number of nitrogens with zero attached hydrogens (tertiary/aromatic N) is 2. The number of thiazole rings is 1. The summed E-state index contributed by atoms with van der Waals surface area (Å²) in [7, 11) is 2.05. The van der Waals surface area contributed by atoms with Crippen molar-refractivity contribution in [1.29, 1.82) is 0 Å². The van der Waals surface area contributed by atoms with E-state index in [9.17, 15) is 0 Å².